The minimum absolute atomic E-state index is 0.175. The molecule has 6 unspecified atom stereocenters. The summed E-state index contributed by atoms with van der Waals surface area (Å²) in [7, 11) is 0. The van der Waals surface area contributed by atoms with Crippen LogP contribution in [0.1, 0.15) is 6.42 Å². The number of benzene rings is 1. The smallest absolute Gasteiger partial charge is 0.244 e. The summed E-state index contributed by atoms with van der Waals surface area (Å²) in [6.07, 6.45) is 5.39. The van der Waals surface area contributed by atoms with Gasteiger partial charge < -0.3 is 5.32 Å². The molecule has 6 rings (SSSR count). The van der Waals surface area contributed by atoms with Crippen molar-refractivity contribution >= 4 is 35.0 Å². The number of likely N-dealkylation sites (tertiary alicyclic amines) is 1. The Hall–Kier alpha value is -2.14. The Morgan fingerprint density at radius 2 is 1.60 bits per heavy atom. The molecule has 128 valence electrons. The lowest BCUT2D eigenvalue weighted by Gasteiger charge is -2.37. The maximum absolute atomic E-state index is 12.8. The predicted octanol–water partition coefficient (Wildman–Crippen LogP) is 2.33. The van der Waals surface area contributed by atoms with Crippen LogP contribution in [0.4, 0.5) is 5.69 Å². The van der Waals surface area contributed by atoms with Crippen LogP contribution >= 0.6 is 11.6 Å². The van der Waals surface area contributed by atoms with Gasteiger partial charge in [-0.3, -0.25) is 19.3 Å². The molecule has 1 aliphatic heterocycles. The maximum Gasteiger partial charge on any atom is 0.244 e. The van der Waals surface area contributed by atoms with Crippen molar-refractivity contribution in [3.8, 4) is 0 Å². The molecule has 25 heavy (non-hydrogen) atoms. The van der Waals surface area contributed by atoms with Crippen LogP contribution in [0.5, 0.6) is 0 Å². The molecule has 5 nitrogen and oxygen atoms in total. The first kappa shape index (κ1) is 15.1. The summed E-state index contributed by atoms with van der Waals surface area (Å²) in [5, 5.41) is 3.29. The largest absolute Gasteiger partial charge is 0.325 e. The van der Waals surface area contributed by atoms with E-state index in [9.17, 15) is 14.4 Å². The number of rotatable bonds is 3. The van der Waals surface area contributed by atoms with E-state index < -0.39 is 0 Å². The summed E-state index contributed by atoms with van der Waals surface area (Å²) in [6.45, 7) is -0.220. The highest BCUT2D eigenvalue weighted by Gasteiger charge is 2.67. The normalized spacial score (nSPS) is 37.1. The van der Waals surface area contributed by atoms with Crippen molar-refractivity contribution in [2.24, 2.45) is 35.5 Å². The number of anilines is 1. The minimum atomic E-state index is -0.367. The van der Waals surface area contributed by atoms with Gasteiger partial charge in [0.15, 0.2) is 0 Å². The molecular formula is C19H17ClN2O3. The lowest BCUT2D eigenvalue weighted by molar-refractivity contribution is -0.142. The Kier molecular flexibility index (Phi) is 3.14. The third-order valence-corrected chi connectivity index (χ3v) is 6.44. The zero-order valence-electron chi connectivity index (χ0n) is 13.4. The number of hydrogen-bond donors (Lipinski definition) is 1. The van der Waals surface area contributed by atoms with Crippen LogP contribution in [0.25, 0.3) is 0 Å². The maximum atomic E-state index is 12.8. The summed E-state index contributed by atoms with van der Waals surface area (Å²) < 4.78 is 0. The molecule has 2 saturated carbocycles. The number of nitrogens with zero attached hydrogens (tertiary/aromatic N) is 1. The van der Waals surface area contributed by atoms with Crippen molar-refractivity contribution in [1.82, 2.24) is 4.90 Å². The van der Waals surface area contributed by atoms with Crippen molar-refractivity contribution < 1.29 is 14.4 Å². The highest BCUT2D eigenvalue weighted by Crippen LogP contribution is 2.65. The Bertz CT molecular complexity index is 782. The highest BCUT2D eigenvalue weighted by molar-refractivity contribution is 6.30. The van der Waals surface area contributed by atoms with E-state index >= 15 is 0 Å². The number of amides is 3. The minimum Gasteiger partial charge on any atom is -0.325 e. The van der Waals surface area contributed by atoms with Gasteiger partial charge in [0, 0.05) is 10.7 Å². The number of carbonyl (C=O) groups excluding carboxylic acids is 3. The second kappa shape index (κ2) is 5.18. The van der Waals surface area contributed by atoms with E-state index in [1.807, 2.05) is 0 Å². The number of carbonyl (C=O) groups is 3. The van der Waals surface area contributed by atoms with Crippen LogP contribution < -0.4 is 5.32 Å². The summed E-state index contributed by atoms with van der Waals surface area (Å²) in [4.78, 5) is 39.1. The quantitative estimate of drug-likeness (QED) is 0.667. The fourth-order valence-electron chi connectivity index (χ4n) is 5.05. The molecule has 0 spiro atoms. The van der Waals surface area contributed by atoms with Crippen LogP contribution in [0.2, 0.25) is 5.02 Å². The van der Waals surface area contributed by atoms with E-state index in [-0.39, 0.29) is 47.9 Å². The molecule has 3 fully saturated rings. The van der Waals surface area contributed by atoms with Crippen LogP contribution in [-0.2, 0) is 14.4 Å². The van der Waals surface area contributed by atoms with Gasteiger partial charge in [0.2, 0.25) is 17.7 Å². The number of allylic oxidation sites excluding steroid dienone is 2. The molecule has 1 saturated heterocycles. The first-order valence-electron chi connectivity index (χ1n) is 8.63. The molecule has 1 heterocycles. The molecular weight excluding hydrogens is 340 g/mol. The summed E-state index contributed by atoms with van der Waals surface area (Å²) in [5.41, 5.74) is 0.592. The number of nitrogens with one attached hydrogen (secondary N) is 1. The Labute approximate surface area is 150 Å². The van der Waals surface area contributed by atoms with Crippen LogP contribution in [0, 0.1) is 35.5 Å². The lowest BCUT2D eigenvalue weighted by Crippen LogP contribution is -2.40. The van der Waals surface area contributed by atoms with Crippen LogP contribution in [-0.4, -0.2) is 29.2 Å². The molecule has 1 N–H and O–H groups in total. The van der Waals surface area contributed by atoms with Gasteiger partial charge in [-0.15, -0.1) is 0 Å². The van der Waals surface area contributed by atoms with Gasteiger partial charge in [0.25, 0.3) is 0 Å². The van der Waals surface area contributed by atoms with E-state index in [0.29, 0.717) is 22.5 Å². The Morgan fingerprint density at radius 1 is 1.04 bits per heavy atom. The molecule has 5 aliphatic rings. The van der Waals surface area contributed by atoms with E-state index in [1.165, 1.54) is 4.90 Å². The van der Waals surface area contributed by atoms with Crippen molar-refractivity contribution in [2.45, 2.75) is 6.42 Å². The van der Waals surface area contributed by atoms with E-state index in [2.05, 4.69) is 17.5 Å². The molecule has 1 aromatic rings. The average Bonchev–Trinajstić information content (AvgIpc) is 3.38. The fraction of sp³-hybridized carbons (Fsp3) is 0.421. The molecule has 3 amide bonds. The van der Waals surface area contributed by atoms with Crippen LogP contribution in [0.15, 0.2) is 36.4 Å². The summed E-state index contributed by atoms with van der Waals surface area (Å²) >= 11 is 5.83. The molecule has 2 bridgehead atoms. The van der Waals surface area contributed by atoms with Gasteiger partial charge in [0.05, 0.1) is 11.8 Å². The van der Waals surface area contributed by atoms with Gasteiger partial charge in [-0.05, 0) is 54.4 Å². The third-order valence-electron chi connectivity index (χ3n) is 6.18. The van der Waals surface area contributed by atoms with Gasteiger partial charge in [-0.1, -0.05) is 23.8 Å². The second-order valence-electron chi connectivity index (χ2n) is 7.47. The summed E-state index contributed by atoms with van der Waals surface area (Å²) in [6, 6.07) is 6.72. The zero-order chi connectivity index (χ0) is 17.3. The lowest BCUT2D eigenvalue weighted by atomic mass is 9.63. The SMILES string of the molecule is O=C(CN1C(=O)C2C3C=CC(C4CC34)C2C1=O)Nc1ccc(Cl)cc1. The van der Waals surface area contributed by atoms with E-state index in [1.54, 1.807) is 24.3 Å². The predicted molar refractivity (Wildman–Crippen MR) is 91.5 cm³/mol. The zero-order valence-corrected chi connectivity index (χ0v) is 14.1. The van der Waals surface area contributed by atoms with Gasteiger partial charge in [0.1, 0.15) is 6.54 Å². The number of hydrogen-bond acceptors (Lipinski definition) is 3. The first-order valence-corrected chi connectivity index (χ1v) is 9.01. The van der Waals surface area contributed by atoms with E-state index in [0.717, 1.165) is 6.42 Å². The van der Waals surface area contributed by atoms with Crippen LogP contribution in [0.3, 0.4) is 0 Å². The average molecular weight is 357 g/mol. The Balaban J connectivity index is 1.32. The third kappa shape index (κ3) is 2.18. The van der Waals surface area contributed by atoms with Crippen molar-refractivity contribution in [2.75, 3.05) is 11.9 Å². The highest BCUT2D eigenvalue weighted by atomic mass is 35.5. The monoisotopic (exact) mass is 356 g/mol. The van der Waals surface area contributed by atoms with Crippen molar-refractivity contribution in [3.63, 3.8) is 0 Å². The molecule has 6 atom stereocenters. The topological polar surface area (TPSA) is 66.5 Å². The molecule has 6 heteroatoms. The number of imide groups is 1. The second-order valence-corrected chi connectivity index (χ2v) is 7.91. The fourth-order valence-corrected chi connectivity index (χ4v) is 5.18. The van der Waals surface area contributed by atoms with Gasteiger partial charge >= 0.3 is 0 Å². The first-order chi connectivity index (χ1) is 12.0. The van der Waals surface area contributed by atoms with Gasteiger partial charge in [-0.25, -0.2) is 0 Å². The molecule has 0 aromatic heterocycles. The summed E-state index contributed by atoms with van der Waals surface area (Å²) in [5.74, 6) is 0.266. The molecule has 0 radical (unpaired) electrons. The molecule has 1 aromatic carbocycles. The van der Waals surface area contributed by atoms with Gasteiger partial charge in [-0.2, -0.15) is 0 Å². The van der Waals surface area contributed by atoms with Crippen molar-refractivity contribution in [3.05, 3.63) is 41.4 Å². The standard InChI is InChI=1S/C19H17ClN2O3/c20-9-1-3-10(4-2-9)21-15(23)8-22-18(24)16-11-5-6-12(14-7-13(11)14)17(16)19(22)25/h1-6,11-14,16-17H,7-8H2,(H,21,23). The molecule has 4 aliphatic carbocycles. The Morgan fingerprint density at radius 3 is 2.16 bits per heavy atom. The van der Waals surface area contributed by atoms with E-state index in [4.69, 9.17) is 11.6 Å². The van der Waals surface area contributed by atoms with Crippen molar-refractivity contribution in [1.29, 1.82) is 0 Å². The number of halogens is 1.